The van der Waals surface area contributed by atoms with Gasteiger partial charge in [0.05, 0.1) is 29.5 Å². The number of nitrogens with zero attached hydrogens (tertiary/aromatic N) is 1. The fourth-order valence-corrected chi connectivity index (χ4v) is 6.49. The summed E-state index contributed by atoms with van der Waals surface area (Å²) in [4.78, 5) is 27.9. The fourth-order valence-electron chi connectivity index (χ4n) is 5.39. The van der Waals surface area contributed by atoms with Crippen LogP contribution in [0.2, 0.25) is 0 Å². The number of carbonyl (C=O) groups is 2. The van der Waals surface area contributed by atoms with Crippen molar-refractivity contribution in [2.75, 3.05) is 55.5 Å². The van der Waals surface area contributed by atoms with Crippen molar-refractivity contribution in [3.63, 3.8) is 0 Å². The summed E-state index contributed by atoms with van der Waals surface area (Å²) in [6.07, 6.45) is -0.375. The molecular weight excluding hydrogens is 581 g/mol. The van der Waals surface area contributed by atoms with Crippen molar-refractivity contribution in [1.29, 1.82) is 0 Å². The molecule has 0 N–H and O–H groups in total. The molecule has 0 aromatic heterocycles. The normalized spacial score (nSPS) is 21.3. The molecule has 0 aromatic carbocycles. The molecule has 1 aliphatic heterocycles. The first-order valence-corrected chi connectivity index (χ1v) is 16.4. The van der Waals surface area contributed by atoms with Crippen molar-refractivity contribution in [1.82, 2.24) is 4.90 Å². The largest absolute Gasteiger partial charge is 0.456 e. The number of esters is 1. The van der Waals surface area contributed by atoms with Crippen LogP contribution < -0.4 is 0 Å². The molecule has 1 heterocycles. The number of methoxy groups -OCH3 is 2. The lowest BCUT2D eigenvalue weighted by molar-refractivity contribution is -0.226. The van der Waals surface area contributed by atoms with Gasteiger partial charge in [-0.2, -0.15) is 0 Å². The van der Waals surface area contributed by atoms with E-state index in [9.17, 15) is 14.2 Å². The monoisotopic (exact) mass is 637 g/mol. The summed E-state index contributed by atoms with van der Waals surface area (Å²) in [6, 6.07) is 0.123. The average molecular weight is 638 g/mol. The molecule has 0 amide bonds. The molecule has 12 nitrogen and oxygen atoms in total. The Labute approximate surface area is 258 Å². The lowest BCUT2D eigenvalue weighted by Gasteiger charge is -2.43. The molecule has 0 bridgehead atoms. The molecular formula is C30H56NO11P. The highest BCUT2D eigenvalue weighted by Crippen LogP contribution is 2.47. The summed E-state index contributed by atoms with van der Waals surface area (Å²) in [5.41, 5.74) is -0.745. The summed E-state index contributed by atoms with van der Waals surface area (Å²) in [7, 11) is 6.16. The summed E-state index contributed by atoms with van der Waals surface area (Å²) >= 11 is 0. The molecule has 0 aromatic rings. The minimum Gasteiger partial charge on any atom is -0.456 e. The maximum atomic E-state index is 13.1. The molecule has 0 saturated heterocycles. The average Bonchev–Trinajstić information content (AvgIpc) is 2.94. The molecule has 0 fully saturated rings. The Balaban J connectivity index is 3.32. The van der Waals surface area contributed by atoms with Gasteiger partial charge in [0.2, 0.25) is 5.79 Å². The standard InChI is InChI=1S/C30H56NO11P/c1-19(25(32)17-43(34,37-13)38-14)16-30(8,36-12)27(21(3)26-22(4)28(33)42-29(6,7)41-26)40-18-39-20(2)15-24(31(9)10)23(5)35-11/h19-21,23-24,27H,15-18H2,1-14H3/t19-,20-,21+,23+,24?,27-,30-/m1/s1. The highest BCUT2D eigenvalue weighted by molar-refractivity contribution is 7.54. The first-order valence-electron chi connectivity index (χ1n) is 14.6. The molecule has 1 aliphatic rings. The van der Waals surface area contributed by atoms with Gasteiger partial charge in [-0.15, -0.1) is 0 Å². The highest BCUT2D eigenvalue weighted by Gasteiger charge is 2.46. The van der Waals surface area contributed by atoms with E-state index < -0.39 is 42.9 Å². The maximum Gasteiger partial charge on any atom is 0.340 e. The Bertz CT molecular complexity index is 993. The Morgan fingerprint density at radius 1 is 1.02 bits per heavy atom. The Morgan fingerprint density at radius 2 is 1.60 bits per heavy atom. The molecule has 0 spiro atoms. The lowest BCUT2D eigenvalue weighted by atomic mass is 9.80. The number of rotatable bonds is 20. The quantitative estimate of drug-likeness (QED) is 0.103. The minimum absolute atomic E-state index is 0.00135. The van der Waals surface area contributed by atoms with Gasteiger partial charge in [0.1, 0.15) is 24.5 Å². The third-order valence-electron chi connectivity index (χ3n) is 8.22. The van der Waals surface area contributed by atoms with Crippen LogP contribution in [0.3, 0.4) is 0 Å². The summed E-state index contributed by atoms with van der Waals surface area (Å²) in [5, 5.41) is 0. The number of carbonyl (C=O) groups excluding carboxylic acids is 2. The van der Waals surface area contributed by atoms with Gasteiger partial charge in [-0.05, 0) is 54.6 Å². The maximum absolute atomic E-state index is 13.1. The third-order valence-corrected chi connectivity index (χ3v) is 10.0. The summed E-state index contributed by atoms with van der Waals surface area (Å²) in [6.45, 7) is 14.3. The molecule has 1 unspecified atom stereocenters. The Morgan fingerprint density at radius 3 is 2.09 bits per heavy atom. The van der Waals surface area contributed by atoms with Gasteiger partial charge in [0.15, 0.2) is 0 Å². The highest BCUT2D eigenvalue weighted by atomic mass is 31.2. The van der Waals surface area contributed by atoms with Crippen molar-refractivity contribution in [3.05, 3.63) is 11.3 Å². The number of hydrogen-bond acceptors (Lipinski definition) is 12. The van der Waals surface area contributed by atoms with Crippen molar-refractivity contribution in [3.8, 4) is 0 Å². The van der Waals surface area contributed by atoms with E-state index in [2.05, 4.69) is 4.90 Å². The SMILES string of the molecule is CO[C@@H](C)C(C[C@@H](C)OCO[C@H]([C@@H](C)C1=C(C)C(=O)OC(C)(C)O1)[C@@](C)(C[C@@H](C)C(=O)CP(=O)(OC)OC)OC)N(C)C. The number of likely N-dealkylation sites (N-methyl/N-ethyl adjacent to an activating group) is 1. The third kappa shape index (κ3) is 11.2. The van der Waals surface area contributed by atoms with E-state index in [1.807, 2.05) is 41.8 Å². The number of cyclic esters (lactones) is 1. The molecule has 252 valence electrons. The zero-order valence-corrected chi connectivity index (χ0v) is 29.6. The molecule has 0 aliphatic carbocycles. The molecule has 0 saturated carbocycles. The van der Waals surface area contributed by atoms with E-state index in [-0.39, 0.29) is 43.4 Å². The van der Waals surface area contributed by atoms with Crippen molar-refractivity contribution in [2.45, 2.75) is 104 Å². The van der Waals surface area contributed by atoms with Gasteiger partial charge >= 0.3 is 13.6 Å². The Hall–Kier alpha value is -1.37. The van der Waals surface area contributed by atoms with Gasteiger partial charge < -0.3 is 42.4 Å². The van der Waals surface area contributed by atoms with E-state index in [1.54, 1.807) is 34.8 Å². The van der Waals surface area contributed by atoms with Gasteiger partial charge in [-0.1, -0.05) is 13.8 Å². The number of ether oxygens (including phenoxy) is 6. The van der Waals surface area contributed by atoms with Crippen LogP contribution in [0.15, 0.2) is 11.3 Å². The van der Waals surface area contributed by atoms with Crippen LogP contribution >= 0.6 is 7.60 Å². The van der Waals surface area contributed by atoms with E-state index in [1.165, 1.54) is 21.3 Å². The van der Waals surface area contributed by atoms with E-state index in [0.29, 0.717) is 17.8 Å². The van der Waals surface area contributed by atoms with Crippen LogP contribution in [0.25, 0.3) is 0 Å². The topological polar surface area (TPSA) is 128 Å². The van der Waals surface area contributed by atoms with Gasteiger partial charge in [-0.25, -0.2) is 4.79 Å². The zero-order valence-electron chi connectivity index (χ0n) is 28.7. The number of hydrogen-bond donors (Lipinski definition) is 0. The van der Waals surface area contributed by atoms with Crippen LogP contribution in [0, 0.1) is 11.8 Å². The van der Waals surface area contributed by atoms with Crippen LogP contribution in [-0.2, 0) is 51.6 Å². The van der Waals surface area contributed by atoms with Crippen molar-refractivity contribution < 1.29 is 51.6 Å². The second-order valence-electron chi connectivity index (χ2n) is 12.3. The molecule has 43 heavy (non-hydrogen) atoms. The molecule has 7 atom stereocenters. The summed E-state index contributed by atoms with van der Waals surface area (Å²) in [5.74, 6) is -2.66. The predicted octanol–water partition coefficient (Wildman–Crippen LogP) is 4.80. The van der Waals surface area contributed by atoms with E-state index in [4.69, 9.17) is 37.5 Å². The minimum atomic E-state index is -3.55. The van der Waals surface area contributed by atoms with Gasteiger partial charge in [-0.3, -0.25) is 9.36 Å². The smallest absolute Gasteiger partial charge is 0.340 e. The van der Waals surface area contributed by atoms with Crippen molar-refractivity contribution in [2.24, 2.45) is 11.8 Å². The van der Waals surface area contributed by atoms with Crippen LogP contribution in [0.1, 0.15) is 68.2 Å². The van der Waals surface area contributed by atoms with E-state index >= 15 is 0 Å². The Kier molecular flexibility index (Phi) is 15.5. The molecule has 13 heteroatoms. The second kappa shape index (κ2) is 16.8. The van der Waals surface area contributed by atoms with E-state index in [0.717, 1.165) is 0 Å². The first-order chi connectivity index (χ1) is 19.8. The van der Waals surface area contributed by atoms with Crippen LogP contribution in [0.5, 0.6) is 0 Å². The first kappa shape index (κ1) is 39.7. The lowest BCUT2D eigenvalue weighted by Crippen LogP contribution is -2.51. The summed E-state index contributed by atoms with van der Waals surface area (Å²) < 4.78 is 58.2. The number of ketones is 1. The van der Waals surface area contributed by atoms with Crippen molar-refractivity contribution >= 4 is 19.3 Å². The molecule has 0 radical (unpaired) electrons. The fraction of sp³-hybridized carbons (Fsp3) is 0.867. The predicted molar refractivity (Wildman–Crippen MR) is 163 cm³/mol. The van der Waals surface area contributed by atoms with Crippen LogP contribution in [0.4, 0.5) is 0 Å². The second-order valence-corrected chi connectivity index (χ2v) is 14.5. The number of Topliss-reactive ketones (excluding diaryl/α,β-unsaturated/α-hetero) is 1. The van der Waals surface area contributed by atoms with Gasteiger partial charge in [0.25, 0.3) is 0 Å². The van der Waals surface area contributed by atoms with Crippen LogP contribution in [-0.4, -0.2) is 108 Å². The molecule has 1 rings (SSSR count). The zero-order chi connectivity index (χ0) is 33.3. The van der Waals surface area contributed by atoms with Gasteiger partial charge in [0, 0.05) is 60.2 Å².